The number of aliphatic hydroxyl groups excluding tert-OH is 1. The molecule has 2 unspecified atom stereocenters. The molecule has 0 aliphatic carbocycles. The Morgan fingerprint density at radius 2 is 2.25 bits per heavy atom. The molecule has 24 heavy (non-hydrogen) atoms. The number of hydrogen-bond donors (Lipinski definition) is 2. The molecule has 2 rings (SSSR count). The van der Waals surface area contributed by atoms with Crippen molar-refractivity contribution in [1.82, 2.24) is 25.5 Å². The first-order chi connectivity index (χ1) is 11.5. The van der Waals surface area contributed by atoms with Crippen LogP contribution in [0.2, 0.25) is 0 Å². The van der Waals surface area contributed by atoms with E-state index >= 15 is 0 Å². The number of tetrazole rings is 1. The molecule has 1 aromatic carbocycles. The number of aryl methyl sites for hydroxylation is 1. The molecule has 0 bridgehead atoms. The van der Waals surface area contributed by atoms with Crippen LogP contribution in [0.3, 0.4) is 0 Å². The monoisotopic (exact) mass is 335 g/mol. The van der Waals surface area contributed by atoms with E-state index < -0.39 is 12.1 Å². The predicted octanol–water partition coefficient (Wildman–Crippen LogP) is 1.18. The SMILES string of the molecule is CCC(O)CCNC(=O)C(Cc1cccc(F)c1)n1nnnc1C. The summed E-state index contributed by atoms with van der Waals surface area (Å²) >= 11 is 0. The number of aliphatic hydroxyl groups is 1. The van der Waals surface area contributed by atoms with Gasteiger partial charge in [-0.1, -0.05) is 19.1 Å². The summed E-state index contributed by atoms with van der Waals surface area (Å²) in [4.78, 5) is 12.6. The Morgan fingerprint density at radius 1 is 1.46 bits per heavy atom. The summed E-state index contributed by atoms with van der Waals surface area (Å²) in [6.07, 6.45) is 0.936. The van der Waals surface area contributed by atoms with Gasteiger partial charge >= 0.3 is 0 Å². The van der Waals surface area contributed by atoms with E-state index in [0.717, 1.165) is 0 Å². The molecule has 0 aliphatic heterocycles. The van der Waals surface area contributed by atoms with Gasteiger partial charge in [0.15, 0.2) is 0 Å². The number of rotatable bonds is 8. The van der Waals surface area contributed by atoms with Crippen molar-refractivity contribution in [2.24, 2.45) is 0 Å². The molecule has 7 nitrogen and oxygen atoms in total. The molecule has 1 aromatic heterocycles. The highest BCUT2D eigenvalue weighted by Crippen LogP contribution is 2.16. The zero-order valence-corrected chi connectivity index (χ0v) is 13.8. The molecule has 0 saturated carbocycles. The highest BCUT2D eigenvalue weighted by Gasteiger charge is 2.24. The van der Waals surface area contributed by atoms with E-state index in [1.54, 1.807) is 19.1 Å². The quantitative estimate of drug-likeness (QED) is 0.756. The van der Waals surface area contributed by atoms with Crippen molar-refractivity contribution in [1.29, 1.82) is 0 Å². The Balaban J connectivity index is 2.11. The third-order valence-corrected chi connectivity index (χ3v) is 3.82. The van der Waals surface area contributed by atoms with Crippen LogP contribution in [0.5, 0.6) is 0 Å². The topological polar surface area (TPSA) is 92.9 Å². The van der Waals surface area contributed by atoms with Crippen LogP contribution in [0.1, 0.15) is 37.2 Å². The molecule has 0 radical (unpaired) electrons. The minimum absolute atomic E-state index is 0.266. The van der Waals surface area contributed by atoms with Gasteiger partial charge in [-0.05, 0) is 47.9 Å². The van der Waals surface area contributed by atoms with Crippen molar-refractivity contribution in [3.63, 3.8) is 0 Å². The Hall–Kier alpha value is -2.35. The molecule has 0 fully saturated rings. The maximum atomic E-state index is 13.4. The minimum atomic E-state index is -0.680. The number of aromatic nitrogens is 4. The van der Waals surface area contributed by atoms with E-state index in [2.05, 4.69) is 20.8 Å². The molecule has 0 aliphatic rings. The number of carbonyl (C=O) groups is 1. The average molecular weight is 335 g/mol. The van der Waals surface area contributed by atoms with Crippen molar-refractivity contribution in [3.8, 4) is 0 Å². The lowest BCUT2D eigenvalue weighted by Crippen LogP contribution is -2.36. The van der Waals surface area contributed by atoms with Crippen molar-refractivity contribution in [2.45, 2.75) is 45.3 Å². The summed E-state index contributed by atoms with van der Waals surface area (Å²) in [5, 5.41) is 23.6. The van der Waals surface area contributed by atoms with Crippen LogP contribution in [0.25, 0.3) is 0 Å². The first kappa shape index (κ1) is 18.0. The lowest BCUT2D eigenvalue weighted by atomic mass is 10.0. The van der Waals surface area contributed by atoms with Crippen molar-refractivity contribution in [2.75, 3.05) is 6.54 Å². The number of benzene rings is 1. The standard InChI is InChI=1S/C16H22FN5O2/c1-3-14(23)7-8-18-16(24)15(22-11(2)19-20-21-22)10-12-5-4-6-13(17)9-12/h4-6,9,14-15,23H,3,7-8,10H2,1-2H3,(H,18,24). The van der Waals surface area contributed by atoms with Gasteiger partial charge in [0, 0.05) is 13.0 Å². The highest BCUT2D eigenvalue weighted by molar-refractivity contribution is 5.80. The normalized spacial score (nSPS) is 13.5. The fourth-order valence-electron chi connectivity index (χ4n) is 2.39. The summed E-state index contributed by atoms with van der Waals surface area (Å²) in [6.45, 7) is 3.94. The van der Waals surface area contributed by atoms with Gasteiger partial charge in [-0.3, -0.25) is 4.79 Å². The summed E-state index contributed by atoms with van der Waals surface area (Å²) in [7, 11) is 0. The van der Waals surface area contributed by atoms with E-state index in [1.165, 1.54) is 16.8 Å². The lowest BCUT2D eigenvalue weighted by Gasteiger charge is -2.18. The van der Waals surface area contributed by atoms with Gasteiger partial charge < -0.3 is 10.4 Å². The van der Waals surface area contributed by atoms with E-state index in [4.69, 9.17) is 0 Å². The first-order valence-corrected chi connectivity index (χ1v) is 7.96. The zero-order chi connectivity index (χ0) is 17.5. The maximum absolute atomic E-state index is 13.4. The second-order valence-electron chi connectivity index (χ2n) is 5.66. The molecule has 1 heterocycles. The van der Waals surface area contributed by atoms with E-state index in [1.807, 2.05) is 6.92 Å². The summed E-state index contributed by atoms with van der Waals surface area (Å²) in [5.74, 6) is -0.121. The molecule has 0 saturated heterocycles. The van der Waals surface area contributed by atoms with Crippen LogP contribution in [-0.4, -0.2) is 43.9 Å². The van der Waals surface area contributed by atoms with Crippen LogP contribution in [0, 0.1) is 12.7 Å². The predicted molar refractivity (Wildman–Crippen MR) is 85.6 cm³/mol. The van der Waals surface area contributed by atoms with Crippen molar-refractivity contribution in [3.05, 3.63) is 41.5 Å². The molecule has 2 aromatic rings. The molecule has 2 N–H and O–H groups in total. The second-order valence-corrected chi connectivity index (χ2v) is 5.66. The summed E-state index contributed by atoms with van der Waals surface area (Å²) in [6, 6.07) is 5.42. The lowest BCUT2D eigenvalue weighted by molar-refractivity contribution is -0.124. The molecular weight excluding hydrogens is 313 g/mol. The van der Waals surface area contributed by atoms with Gasteiger partial charge in [0.05, 0.1) is 6.10 Å². The Labute approximate surface area is 139 Å². The van der Waals surface area contributed by atoms with Crippen LogP contribution in [-0.2, 0) is 11.2 Å². The number of hydrogen-bond acceptors (Lipinski definition) is 5. The van der Waals surface area contributed by atoms with E-state index in [-0.39, 0.29) is 18.1 Å². The molecule has 0 spiro atoms. The van der Waals surface area contributed by atoms with Crippen LogP contribution >= 0.6 is 0 Å². The van der Waals surface area contributed by atoms with Gasteiger partial charge in [-0.2, -0.15) is 0 Å². The van der Waals surface area contributed by atoms with E-state index in [9.17, 15) is 14.3 Å². The third kappa shape index (κ3) is 4.82. The van der Waals surface area contributed by atoms with E-state index in [0.29, 0.717) is 30.8 Å². The third-order valence-electron chi connectivity index (χ3n) is 3.82. The van der Waals surface area contributed by atoms with Gasteiger partial charge in [0.2, 0.25) is 5.91 Å². The Kier molecular flexibility index (Phi) is 6.36. The zero-order valence-electron chi connectivity index (χ0n) is 13.8. The first-order valence-electron chi connectivity index (χ1n) is 7.96. The molecular formula is C16H22FN5O2. The Bertz CT molecular complexity index is 676. The molecule has 2 atom stereocenters. The fraction of sp³-hybridized carbons (Fsp3) is 0.500. The van der Waals surface area contributed by atoms with Crippen LogP contribution in [0.4, 0.5) is 4.39 Å². The Morgan fingerprint density at radius 3 is 2.88 bits per heavy atom. The van der Waals surface area contributed by atoms with Gasteiger partial charge in [0.25, 0.3) is 0 Å². The number of nitrogens with zero attached hydrogens (tertiary/aromatic N) is 4. The second kappa shape index (κ2) is 8.49. The molecule has 8 heteroatoms. The maximum Gasteiger partial charge on any atom is 0.245 e. The van der Waals surface area contributed by atoms with Gasteiger partial charge in [0.1, 0.15) is 17.7 Å². The number of halogens is 1. The fourth-order valence-corrected chi connectivity index (χ4v) is 2.39. The summed E-state index contributed by atoms with van der Waals surface area (Å²) < 4.78 is 14.8. The summed E-state index contributed by atoms with van der Waals surface area (Å²) in [5.41, 5.74) is 0.679. The van der Waals surface area contributed by atoms with Gasteiger partial charge in [-0.15, -0.1) is 5.10 Å². The highest BCUT2D eigenvalue weighted by atomic mass is 19.1. The van der Waals surface area contributed by atoms with Gasteiger partial charge in [-0.25, -0.2) is 9.07 Å². The van der Waals surface area contributed by atoms with Crippen LogP contribution < -0.4 is 5.32 Å². The smallest absolute Gasteiger partial charge is 0.245 e. The largest absolute Gasteiger partial charge is 0.393 e. The van der Waals surface area contributed by atoms with Crippen molar-refractivity contribution >= 4 is 5.91 Å². The number of amides is 1. The molecule has 1 amide bonds. The van der Waals surface area contributed by atoms with Crippen LogP contribution in [0.15, 0.2) is 24.3 Å². The average Bonchev–Trinajstić information content (AvgIpc) is 2.98. The number of nitrogens with one attached hydrogen (secondary N) is 1. The molecule has 130 valence electrons. The minimum Gasteiger partial charge on any atom is -0.393 e. The number of carbonyl (C=O) groups excluding carboxylic acids is 1. The van der Waals surface area contributed by atoms with Crippen molar-refractivity contribution < 1.29 is 14.3 Å².